The van der Waals surface area contributed by atoms with E-state index < -0.39 is 0 Å². The van der Waals surface area contributed by atoms with Crippen molar-refractivity contribution in [1.82, 2.24) is 9.88 Å². The van der Waals surface area contributed by atoms with E-state index in [1.807, 2.05) is 24.0 Å². The van der Waals surface area contributed by atoms with Crippen molar-refractivity contribution in [2.45, 2.75) is 50.0 Å². The van der Waals surface area contributed by atoms with E-state index in [-0.39, 0.29) is 11.9 Å². The molecule has 8 heteroatoms. The van der Waals surface area contributed by atoms with Gasteiger partial charge in [0, 0.05) is 49.2 Å². The number of hydrogen-bond acceptors (Lipinski definition) is 7. The standard InChI is InChI=1S/C25H31N5O2S/c1-16-15-29(11-12-30(16)22(31)10-13-32-3)25-21(14-26)17(2)23(24(28-25)19-4-5-19)18-6-8-20(33-27)9-7-18/h6-9,16,19H,4-5,10-13,15,27H2,1-3H3. The molecule has 1 unspecified atom stereocenters. The fourth-order valence-corrected chi connectivity index (χ4v) is 4.94. The van der Waals surface area contributed by atoms with E-state index in [1.165, 1.54) is 11.9 Å². The second-order valence-electron chi connectivity index (χ2n) is 8.85. The Labute approximate surface area is 200 Å². The first-order valence-electron chi connectivity index (χ1n) is 11.4. The Morgan fingerprint density at radius 2 is 2.03 bits per heavy atom. The summed E-state index contributed by atoms with van der Waals surface area (Å²) in [6.45, 7) is 6.46. The van der Waals surface area contributed by atoms with Crippen molar-refractivity contribution in [3.8, 4) is 17.2 Å². The fourth-order valence-electron chi connectivity index (χ4n) is 4.64. The van der Waals surface area contributed by atoms with Crippen LogP contribution in [0.5, 0.6) is 0 Å². The molecule has 4 rings (SSSR count). The number of aromatic nitrogens is 1. The normalized spacial score (nSPS) is 18.3. The Morgan fingerprint density at radius 1 is 1.30 bits per heavy atom. The first-order chi connectivity index (χ1) is 16.0. The van der Waals surface area contributed by atoms with Gasteiger partial charge in [0.15, 0.2) is 0 Å². The number of ether oxygens (including phenoxy) is 1. The summed E-state index contributed by atoms with van der Waals surface area (Å²) in [7, 11) is 1.61. The molecule has 1 aromatic heterocycles. The van der Waals surface area contributed by atoms with Gasteiger partial charge in [-0.2, -0.15) is 5.26 Å². The Kier molecular flexibility index (Phi) is 7.23. The van der Waals surface area contributed by atoms with Crippen LogP contribution in [-0.4, -0.2) is 55.2 Å². The smallest absolute Gasteiger partial charge is 0.225 e. The fraction of sp³-hybridized carbons (Fsp3) is 0.480. The molecule has 33 heavy (non-hydrogen) atoms. The number of rotatable bonds is 7. The van der Waals surface area contributed by atoms with Gasteiger partial charge in [-0.05, 0) is 61.9 Å². The van der Waals surface area contributed by atoms with Crippen LogP contribution in [0.2, 0.25) is 0 Å². The van der Waals surface area contributed by atoms with Gasteiger partial charge in [0.25, 0.3) is 0 Å². The molecule has 1 atom stereocenters. The zero-order valence-electron chi connectivity index (χ0n) is 19.5. The van der Waals surface area contributed by atoms with Crippen LogP contribution in [-0.2, 0) is 9.53 Å². The summed E-state index contributed by atoms with van der Waals surface area (Å²) in [6, 6.07) is 10.6. The zero-order valence-corrected chi connectivity index (χ0v) is 20.3. The van der Waals surface area contributed by atoms with Gasteiger partial charge in [-0.3, -0.25) is 9.93 Å². The van der Waals surface area contributed by atoms with E-state index in [0.29, 0.717) is 44.1 Å². The van der Waals surface area contributed by atoms with Crippen LogP contribution < -0.4 is 10.0 Å². The lowest BCUT2D eigenvalue weighted by molar-refractivity contribution is -0.134. The first-order valence-corrected chi connectivity index (χ1v) is 12.3. The molecule has 0 bridgehead atoms. The van der Waals surface area contributed by atoms with Crippen LogP contribution in [0.1, 0.15) is 48.9 Å². The number of carbonyl (C=O) groups is 1. The maximum absolute atomic E-state index is 12.5. The zero-order chi connectivity index (χ0) is 23.5. The molecule has 174 valence electrons. The van der Waals surface area contributed by atoms with Crippen molar-refractivity contribution in [2.24, 2.45) is 5.14 Å². The van der Waals surface area contributed by atoms with Crippen molar-refractivity contribution in [3.05, 3.63) is 41.1 Å². The summed E-state index contributed by atoms with van der Waals surface area (Å²) in [4.78, 5) is 22.8. The van der Waals surface area contributed by atoms with E-state index >= 15 is 0 Å². The average Bonchev–Trinajstić information content (AvgIpc) is 3.67. The van der Waals surface area contributed by atoms with Crippen molar-refractivity contribution in [1.29, 1.82) is 5.26 Å². The Bertz CT molecular complexity index is 1060. The third-order valence-corrected chi connectivity index (χ3v) is 7.12. The van der Waals surface area contributed by atoms with E-state index in [9.17, 15) is 10.1 Å². The average molecular weight is 466 g/mol. The highest BCUT2D eigenvalue weighted by molar-refractivity contribution is 7.97. The van der Waals surface area contributed by atoms with E-state index in [1.54, 1.807) is 7.11 Å². The summed E-state index contributed by atoms with van der Waals surface area (Å²) in [5.41, 5.74) is 4.83. The minimum Gasteiger partial charge on any atom is -0.384 e. The Morgan fingerprint density at radius 3 is 2.61 bits per heavy atom. The number of benzene rings is 1. The highest BCUT2D eigenvalue weighted by atomic mass is 32.2. The predicted molar refractivity (Wildman–Crippen MR) is 131 cm³/mol. The molecule has 2 heterocycles. The van der Waals surface area contributed by atoms with Crippen LogP contribution in [0.25, 0.3) is 11.1 Å². The molecular formula is C25H31N5O2S. The van der Waals surface area contributed by atoms with Crippen molar-refractivity contribution < 1.29 is 9.53 Å². The summed E-state index contributed by atoms with van der Waals surface area (Å²) < 4.78 is 5.06. The van der Waals surface area contributed by atoms with Gasteiger partial charge in [-0.1, -0.05) is 12.1 Å². The van der Waals surface area contributed by atoms with Gasteiger partial charge in [0.2, 0.25) is 5.91 Å². The minimum absolute atomic E-state index is 0.0436. The molecule has 7 nitrogen and oxygen atoms in total. The summed E-state index contributed by atoms with van der Waals surface area (Å²) >= 11 is 1.23. The minimum atomic E-state index is 0.0436. The number of piperazine rings is 1. The largest absolute Gasteiger partial charge is 0.384 e. The molecule has 2 aliphatic rings. The summed E-state index contributed by atoms with van der Waals surface area (Å²) in [6.07, 6.45) is 2.64. The molecular weight excluding hydrogens is 434 g/mol. The predicted octanol–water partition coefficient (Wildman–Crippen LogP) is 3.85. The monoisotopic (exact) mass is 465 g/mol. The number of carbonyl (C=O) groups excluding carboxylic acids is 1. The molecule has 2 N–H and O–H groups in total. The third-order valence-electron chi connectivity index (χ3n) is 6.58. The topological polar surface area (TPSA) is 95.5 Å². The molecule has 1 aliphatic heterocycles. The lowest BCUT2D eigenvalue weighted by Gasteiger charge is -2.41. The molecule has 0 spiro atoms. The van der Waals surface area contributed by atoms with Crippen LogP contribution in [0, 0.1) is 18.3 Å². The quantitative estimate of drug-likeness (QED) is 0.621. The number of methoxy groups -OCH3 is 1. The van der Waals surface area contributed by atoms with Gasteiger partial charge in [0.05, 0.1) is 24.3 Å². The van der Waals surface area contributed by atoms with Gasteiger partial charge in [0.1, 0.15) is 11.9 Å². The third kappa shape index (κ3) is 4.86. The Balaban J connectivity index is 1.67. The molecule has 1 aromatic carbocycles. The molecule has 2 aromatic rings. The lowest BCUT2D eigenvalue weighted by Crippen LogP contribution is -2.54. The molecule has 0 radical (unpaired) electrons. The number of pyridine rings is 1. The molecule has 1 aliphatic carbocycles. The first kappa shape index (κ1) is 23.6. The number of nitrogens with two attached hydrogens (primary N) is 1. The molecule has 2 fully saturated rings. The van der Waals surface area contributed by atoms with Gasteiger partial charge in [-0.25, -0.2) is 4.98 Å². The molecule has 1 saturated carbocycles. The SMILES string of the molecule is COCCC(=O)N1CCN(c2nc(C3CC3)c(-c3ccc(SN)cc3)c(C)c2C#N)CC1C. The second kappa shape index (κ2) is 10.1. The van der Waals surface area contributed by atoms with Crippen molar-refractivity contribution >= 4 is 23.7 Å². The highest BCUT2D eigenvalue weighted by Crippen LogP contribution is 2.46. The molecule has 1 saturated heterocycles. The second-order valence-corrected chi connectivity index (χ2v) is 9.56. The number of amides is 1. The number of nitrogens with zero attached hydrogens (tertiary/aromatic N) is 4. The van der Waals surface area contributed by atoms with Crippen LogP contribution in [0.3, 0.4) is 0 Å². The summed E-state index contributed by atoms with van der Waals surface area (Å²) in [5, 5.41) is 15.8. The van der Waals surface area contributed by atoms with Crippen LogP contribution >= 0.6 is 11.9 Å². The van der Waals surface area contributed by atoms with Gasteiger partial charge >= 0.3 is 0 Å². The van der Waals surface area contributed by atoms with Crippen molar-refractivity contribution in [2.75, 3.05) is 38.3 Å². The lowest BCUT2D eigenvalue weighted by atomic mass is 9.93. The number of hydrogen-bond donors (Lipinski definition) is 1. The maximum Gasteiger partial charge on any atom is 0.225 e. The molecule has 1 amide bonds. The van der Waals surface area contributed by atoms with E-state index in [2.05, 4.69) is 30.0 Å². The Hall–Kier alpha value is -2.60. The number of anilines is 1. The van der Waals surface area contributed by atoms with Gasteiger partial charge < -0.3 is 14.5 Å². The van der Waals surface area contributed by atoms with Crippen LogP contribution in [0.4, 0.5) is 5.82 Å². The van der Waals surface area contributed by atoms with Crippen molar-refractivity contribution in [3.63, 3.8) is 0 Å². The van der Waals surface area contributed by atoms with E-state index in [0.717, 1.165) is 45.9 Å². The number of nitriles is 1. The summed E-state index contributed by atoms with van der Waals surface area (Å²) in [5.74, 6) is 1.30. The van der Waals surface area contributed by atoms with E-state index in [4.69, 9.17) is 14.9 Å². The highest BCUT2D eigenvalue weighted by Gasteiger charge is 2.34. The van der Waals surface area contributed by atoms with Crippen LogP contribution in [0.15, 0.2) is 29.2 Å². The van der Waals surface area contributed by atoms with Gasteiger partial charge in [-0.15, -0.1) is 0 Å². The maximum atomic E-state index is 12.5.